The molecular weight excluding hydrogens is 327 g/mol. The van der Waals surface area contributed by atoms with Crippen LogP contribution in [-0.2, 0) is 16.0 Å². The molecule has 0 bridgehead atoms. The van der Waals surface area contributed by atoms with Gasteiger partial charge in [0.2, 0.25) is 11.8 Å². The fourth-order valence-electron chi connectivity index (χ4n) is 2.17. The number of hydrogen-bond donors (Lipinski definition) is 2. The zero-order chi connectivity index (χ0) is 18.2. The van der Waals surface area contributed by atoms with Crippen LogP contribution in [0.25, 0.3) is 0 Å². The predicted octanol–water partition coefficient (Wildman–Crippen LogP) is 2.14. The Hall–Kier alpha value is -3.09. The van der Waals surface area contributed by atoms with Gasteiger partial charge in [0.05, 0.1) is 32.9 Å². The predicted molar refractivity (Wildman–Crippen MR) is 91.3 cm³/mol. The summed E-state index contributed by atoms with van der Waals surface area (Å²) in [6.45, 7) is -0.250. The average Bonchev–Trinajstić information content (AvgIpc) is 2.62. The summed E-state index contributed by atoms with van der Waals surface area (Å²) in [4.78, 5) is 23.7. The Morgan fingerprint density at radius 2 is 1.72 bits per heavy atom. The highest BCUT2D eigenvalue weighted by Gasteiger charge is 2.11. The first kappa shape index (κ1) is 18.3. The van der Waals surface area contributed by atoms with Gasteiger partial charge in [0.25, 0.3) is 0 Å². The summed E-state index contributed by atoms with van der Waals surface area (Å²) in [7, 11) is 3.03. The van der Waals surface area contributed by atoms with E-state index in [4.69, 9.17) is 9.47 Å². The van der Waals surface area contributed by atoms with Gasteiger partial charge in [-0.2, -0.15) is 0 Å². The molecule has 2 N–H and O–H groups in total. The summed E-state index contributed by atoms with van der Waals surface area (Å²) in [5.74, 6) is -0.296. The second-order valence-corrected chi connectivity index (χ2v) is 5.17. The molecule has 0 atom stereocenters. The summed E-state index contributed by atoms with van der Waals surface area (Å²) < 4.78 is 23.8. The Bertz CT molecular complexity index is 764. The Kier molecular flexibility index (Phi) is 6.33. The van der Waals surface area contributed by atoms with Crippen LogP contribution in [0, 0.1) is 5.82 Å². The molecule has 2 aromatic carbocycles. The molecule has 25 heavy (non-hydrogen) atoms. The fourth-order valence-corrected chi connectivity index (χ4v) is 2.17. The number of halogens is 1. The smallest absolute Gasteiger partial charge is 0.243 e. The van der Waals surface area contributed by atoms with E-state index >= 15 is 0 Å². The number of rotatable bonds is 7. The van der Waals surface area contributed by atoms with Gasteiger partial charge in [-0.25, -0.2) is 4.39 Å². The lowest BCUT2D eigenvalue weighted by Crippen LogP contribution is -2.33. The SMILES string of the molecule is COc1ccc(CC(=O)NCC(=O)Nc2ccccc2F)cc1OC. The quantitative estimate of drug-likeness (QED) is 0.805. The molecule has 0 heterocycles. The van der Waals surface area contributed by atoms with Gasteiger partial charge >= 0.3 is 0 Å². The third-order valence-corrected chi connectivity index (χ3v) is 3.41. The lowest BCUT2D eigenvalue weighted by Gasteiger charge is -2.10. The lowest BCUT2D eigenvalue weighted by atomic mass is 10.1. The molecule has 2 rings (SSSR count). The number of hydrogen-bond acceptors (Lipinski definition) is 4. The van der Waals surface area contributed by atoms with E-state index in [-0.39, 0.29) is 24.6 Å². The first-order valence-electron chi connectivity index (χ1n) is 7.55. The molecule has 132 valence electrons. The molecular formula is C18H19FN2O4. The molecule has 0 aliphatic carbocycles. The molecule has 0 aromatic heterocycles. The minimum atomic E-state index is -0.535. The van der Waals surface area contributed by atoms with Crippen LogP contribution in [-0.4, -0.2) is 32.6 Å². The zero-order valence-electron chi connectivity index (χ0n) is 14.0. The van der Waals surface area contributed by atoms with Crippen LogP contribution < -0.4 is 20.1 Å². The maximum absolute atomic E-state index is 13.4. The number of anilines is 1. The van der Waals surface area contributed by atoms with Crippen molar-refractivity contribution in [3.63, 3.8) is 0 Å². The van der Waals surface area contributed by atoms with Crippen molar-refractivity contribution in [3.8, 4) is 11.5 Å². The van der Waals surface area contributed by atoms with E-state index in [2.05, 4.69) is 10.6 Å². The van der Waals surface area contributed by atoms with Crippen molar-refractivity contribution in [3.05, 3.63) is 53.8 Å². The molecule has 6 nitrogen and oxygen atoms in total. The van der Waals surface area contributed by atoms with Gasteiger partial charge in [0.15, 0.2) is 11.5 Å². The Morgan fingerprint density at radius 3 is 2.40 bits per heavy atom. The monoisotopic (exact) mass is 346 g/mol. The second kappa shape index (κ2) is 8.68. The summed E-state index contributed by atoms with van der Waals surface area (Å²) in [5.41, 5.74) is 0.784. The van der Waals surface area contributed by atoms with E-state index in [1.807, 2.05) is 0 Å². The highest BCUT2D eigenvalue weighted by molar-refractivity contribution is 5.94. The number of carbonyl (C=O) groups excluding carboxylic acids is 2. The van der Waals surface area contributed by atoms with Crippen LogP contribution in [0.1, 0.15) is 5.56 Å². The minimum absolute atomic E-state index is 0.0710. The van der Waals surface area contributed by atoms with E-state index in [1.165, 1.54) is 32.4 Å². The standard InChI is InChI=1S/C18H19FN2O4/c1-24-15-8-7-12(9-16(15)25-2)10-17(22)20-11-18(23)21-14-6-4-3-5-13(14)19/h3-9H,10-11H2,1-2H3,(H,20,22)(H,21,23). The van der Waals surface area contributed by atoms with Crippen molar-refractivity contribution in [2.24, 2.45) is 0 Å². The van der Waals surface area contributed by atoms with Crippen LogP contribution in [0.5, 0.6) is 11.5 Å². The fraction of sp³-hybridized carbons (Fsp3) is 0.222. The van der Waals surface area contributed by atoms with E-state index in [0.29, 0.717) is 17.1 Å². The number of ether oxygens (including phenoxy) is 2. The molecule has 7 heteroatoms. The molecule has 0 aliphatic rings. The van der Waals surface area contributed by atoms with Gasteiger partial charge in [0, 0.05) is 0 Å². The Labute approximate surface area is 144 Å². The third kappa shape index (κ3) is 5.20. The largest absolute Gasteiger partial charge is 0.493 e. The normalized spacial score (nSPS) is 10.0. The molecule has 0 unspecified atom stereocenters. The maximum Gasteiger partial charge on any atom is 0.243 e. The van der Waals surface area contributed by atoms with Gasteiger partial charge in [-0.05, 0) is 29.8 Å². The number of carbonyl (C=O) groups is 2. The van der Waals surface area contributed by atoms with Crippen molar-refractivity contribution in [2.45, 2.75) is 6.42 Å². The van der Waals surface area contributed by atoms with Gasteiger partial charge in [0.1, 0.15) is 5.82 Å². The van der Waals surface area contributed by atoms with Crippen LogP contribution in [0.4, 0.5) is 10.1 Å². The average molecular weight is 346 g/mol. The van der Waals surface area contributed by atoms with Gasteiger partial charge in [-0.3, -0.25) is 9.59 Å². The first-order chi connectivity index (χ1) is 12.0. The molecule has 0 fully saturated rings. The van der Waals surface area contributed by atoms with E-state index in [1.54, 1.807) is 24.3 Å². The van der Waals surface area contributed by atoms with Gasteiger partial charge in [-0.15, -0.1) is 0 Å². The van der Waals surface area contributed by atoms with Crippen LogP contribution in [0.2, 0.25) is 0 Å². The van der Waals surface area contributed by atoms with Crippen LogP contribution in [0.15, 0.2) is 42.5 Å². The van der Waals surface area contributed by atoms with E-state index in [0.717, 1.165) is 0 Å². The summed E-state index contributed by atoms with van der Waals surface area (Å²) in [5, 5.41) is 4.89. The second-order valence-electron chi connectivity index (χ2n) is 5.17. The molecule has 0 aliphatic heterocycles. The van der Waals surface area contributed by atoms with Crippen molar-refractivity contribution in [2.75, 3.05) is 26.1 Å². The van der Waals surface area contributed by atoms with Gasteiger partial charge < -0.3 is 20.1 Å². The van der Waals surface area contributed by atoms with Crippen LogP contribution in [0.3, 0.4) is 0 Å². The Morgan fingerprint density at radius 1 is 1.00 bits per heavy atom. The Balaban J connectivity index is 1.86. The number of para-hydroxylation sites is 1. The maximum atomic E-state index is 13.4. The summed E-state index contributed by atoms with van der Waals surface area (Å²) >= 11 is 0. The lowest BCUT2D eigenvalue weighted by molar-refractivity contribution is -0.123. The number of amides is 2. The molecule has 0 saturated heterocycles. The van der Waals surface area contributed by atoms with Crippen molar-refractivity contribution < 1.29 is 23.5 Å². The summed E-state index contributed by atoms with van der Waals surface area (Å²) in [6, 6.07) is 10.9. The highest BCUT2D eigenvalue weighted by atomic mass is 19.1. The van der Waals surface area contributed by atoms with Crippen molar-refractivity contribution >= 4 is 17.5 Å². The van der Waals surface area contributed by atoms with E-state index < -0.39 is 11.7 Å². The minimum Gasteiger partial charge on any atom is -0.493 e. The van der Waals surface area contributed by atoms with Crippen molar-refractivity contribution in [1.29, 1.82) is 0 Å². The third-order valence-electron chi connectivity index (χ3n) is 3.41. The molecule has 2 amide bonds. The topological polar surface area (TPSA) is 76.7 Å². The number of benzene rings is 2. The molecule has 0 spiro atoms. The summed E-state index contributed by atoms with van der Waals surface area (Å²) in [6.07, 6.45) is 0.0767. The molecule has 0 radical (unpaired) electrons. The molecule has 2 aromatic rings. The number of nitrogens with one attached hydrogen (secondary N) is 2. The highest BCUT2D eigenvalue weighted by Crippen LogP contribution is 2.27. The zero-order valence-corrected chi connectivity index (χ0v) is 14.0. The first-order valence-corrected chi connectivity index (χ1v) is 7.55. The number of methoxy groups -OCH3 is 2. The van der Waals surface area contributed by atoms with Crippen LogP contribution >= 0.6 is 0 Å². The van der Waals surface area contributed by atoms with E-state index in [9.17, 15) is 14.0 Å². The molecule has 0 saturated carbocycles. The van der Waals surface area contributed by atoms with Crippen molar-refractivity contribution in [1.82, 2.24) is 5.32 Å². The van der Waals surface area contributed by atoms with Gasteiger partial charge in [-0.1, -0.05) is 18.2 Å².